The van der Waals surface area contributed by atoms with Gasteiger partial charge >= 0.3 is 0 Å². The van der Waals surface area contributed by atoms with Gasteiger partial charge in [0.05, 0.1) is 11.1 Å². The van der Waals surface area contributed by atoms with Crippen LogP contribution in [0.25, 0.3) is 0 Å². The summed E-state index contributed by atoms with van der Waals surface area (Å²) in [5.41, 5.74) is 0.606. The predicted molar refractivity (Wildman–Crippen MR) is 77.7 cm³/mol. The lowest BCUT2D eigenvalue weighted by Crippen LogP contribution is -2.22. The van der Waals surface area contributed by atoms with E-state index in [0.717, 1.165) is 19.3 Å². The van der Waals surface area contributed by atoms with Gasteiger partial charge in [0.15, 0.2) is 0 Å². The highest BCUT2D eigenvalue weighted by Crippen LogP contribution is 2.40. The number of rotatable bonds is 2. The molecule has 3 N–H and O–H groups in total. The number of aliphatic hydroxyl groups is 1. The topological polar surface area (TPSA) is 80.4 Å². The summed E-state index contributed by atoms with van der Waals surface area (Å²) >= 11 is 9.28. The Balaban J connectivity index is 2.54. The molecule has 1 aliphatic rings. The van der Waals surface area contributed by atoms with Gasteiger partial charge in [0.25, 0.3) is 0 Å². The maximum absolute atomic E-state index is 11.8. The monoisotopic (exact) mass is 367 g/mol. The van der Waals surface area contributed by atoms with E-state index < -0.39 is 16.1 Å². The lowest BCUT2D eigenvalue weighted by molar-refractivity contribution is 0.119. The molecule has 0 saturated heterocycles. The minimum absolute atomic E-state index is 0.0253. The van der Waals surface area contributed by atoms with Crippen LogP contribution in [0.1, 0.15) is 37.2 Å². The number of benzene rings is 1. The van der Waals surface area contributed by atoms with Crippen LogP contribution in [0.4, 0.5) is 0 Å². The number of sulfonamides is 1. The summed E-state index contributed by atoms with van der Waals surface area (Å²) < 4.78 is 24.0. The van der Waals surface area contributed by atoms with Crippen LogP contribution >= 0.6 is 27.5 Å². The first-order chi connectivity index (χ1) is 8.80. The number of hydrogen-bond donors (Lipinski definition) is 2. The second-order valence-electron chi connectivity index (χ2n) is 4.84. The van der Waals surface area contributed by atoms with Crippen molar-refractivity contribution in [1.29, 1.82) is 0 Å². The van der Waals surface area contributed by atoms with Crippen molar-refractivity contribution in [2.45, 2.75) is 42.6 Å². The molecule has 106 valence electrons. The van der Waals surface area contributed by atoms with Gasteiger partial charge in [0, 0.05) is 4.47 Å². The Kier molecular flexibility index (Phi) is 4.57. The van der Waals surface area contributed by atoms with Crippen molar-refractivity contribution in [2.24, 2.45) is 5.14 Å². The summed E-state index contributed by atoms with van der Waals surface area (Å²) in [6.45, 7) is 0. The Hall–Kier alpha value is -0.140. The molecule has 7 heteroatoms. The zero-order valence-corrected chi connectivity index (χ0v) is 13.3. The molecule has 1 fully saturated rings. The first-order valence-corrected chi connectivity index (χ1v) is 8.71. The molecule has 0 spiro atoms. The third-order valence-electron chi connectivity index (χ3n) is 3.45. The maximum atomic E-state index is 11.8. The Morgan fingerprint density at radius 3 is 2.63 bits per heavy atom. The second-order valence-corrected chi connectivity index (χ2v) is 7.57. The third-order valence-corrected chi connectivity index (χ3v) is 5.85. The lowest BCUT2D eigenvalue weighted by Gasteiger charge is -2.27. The maximum Gasteiger partial charge on any atom is 0.239 e. The van der Waals surface area contributed by atoms with Crippen LogP contribution in [0.15, 0.2) is 21.5 Å². The minimum Gasteiger partial charge on any atom is -0.393 e. The number of halogens is 2. The van der Waals surface area contributed by atoms with Crippen molar-refractivity contribution in [1.82, 2.24) is 0 Å². The molecule has 1 aromatic carbocycles. The SMILES string of the molecule is NS(=O)(=O)c1c(C2CCCC(O)C2)ccc(Br)c1Cl. The fourth-order valence-electron chi connectivity index (χ4n) is 2.60. The Morgan fingerprint density at radius 1 is 1.37 bits per heavy atom. The average molecular weight is 369 g/mol. The predicted octanol–water partition coefficient (Wildman–Crippen LogP) is 2.77. The molecule has 0 heterocycles. The van der Waals surface area contributed by atoms with Crippen LogP contribution in [0.3, 0.4) is 0 Å². The van der Waals surface area contributed by atoms with E-state index in [9.17, 15) is 13.5 Å². The molecule has 2 atom stereocenters. The van der Waals surface area contributed by atoms with Crippen LogP contribution in [0.5, 0.6) is 0 Å². The fraction of sp³-hybridized carbons (Fsp3) is 0.500. The van der Waals surface area contributed by atoms with Gasteiger partial charge in [-0.15, -0.1) is 0 Å². The third kappa shape index (κ3) is 3.31. The van der Waals surface area contributed by atoms with Crippen LogP contribution in [-0.4, -0.2) is 19.6 Å². The van der Waals surface area contributed by atoms with E-state index in [4.69, 9.17) is 16.7 Å². The van der Waals surface area contributed by atoms with Gasteiger partial charge < -0.3 is 5.11 Å². The van der Waals surface area contributed by atoms with Gasteiger partial charge in [-0.1, -0.05) is 24.1 Å². The highest BCUT2D eigenvalue weighted by Gasteiger charge is 2.28. The van der Waals surface area contributed by atoms with E-state index in [2.05, 4.69) is 15.9 Å². The second kappa shape index (κ2) is 5.69. The molecule has 1 saturated carbocycles. The zero-order chi connectivity index (χ0) is 14.2. The Labute approximate surface area is 126 Å². The smallest absolute Gasteiger partial charge is 0.239 e. The van der Waals surface area contributed by atoms with E-state index in [-0.39, 0.29) is 15.8 Å². The molecule has 0 bridgehead atoms. The molecule has 1 aliphatic carbocycles. The summed E-state index contributed by atoms with van der Waals surface area (Å²) in [5.74, 6) is -0.0253. The number of primary sulfonamides is 1. The summed E-state index contributed by atoms with van der Waals surface area (Å²) in [7, 11) is -3.90. The van der Waals surface area contributed by atoms with E-state index in [1.165, 1.54) is 0 Å². The molecule has 0 aromatic heterocycles. The van der Waals surface area contributed by atoms with Gasteiger partial charge in [-0.2, -0.15) is 0 Å². The standard InChI is InChI=1S/C12H15BrClNO3S/c13-10-5-4-9(7-2-1-3-8(16)6-7)12(11(10)14)19(15,17)18/h4-5,7-8,16H,1-3,6H2,(H2,15,17,18). The van der Waals surface area contributed by atoms with Crippen molar-refractivity contribution in [3.63, 3.8) is 0 Å². The number of aliphatic hydroxyl groups excluding tert-OH is 1. The fourth-order valence-corrected chi connectivity index (χ4v) is 4.48. The van der Waals surface area contributed by atoms with Crippen molar-refractivity contribution < 1.29 is 13.5 Å². The molecular formula is C12H15BrClNO3S. The van der Waals surface area contributed by atoms with E-state index >= 15 is 0 Å². The molecule has 1 aromatic rings. The van der Waals surface area contributed by atoms with E-state index in [0.29, 0.717) is 16.5 Å². The molecule has 2 unspecified atom stereocenters. The average Bonchev–Trinajstić information content (AvgIpc) is 2.30. The summed E-state index contributed by atoms with van der Waals surface area (Å²) in [6, 6.07) is 3.44. The van der Waals surface area contributed by atoms with E-state index in [1.807, 2.05) is 0 Å². The molecule has 0 aliphatic heterocycles. The Bertz CT molecular complexity index is 591. The van der Waals surface area contributed by atoms with Gasteiger partial charge in [0.2, 0.25) is 10.0 Å². The van der Waals surface area contributed by atoms with Gasteiger partial charge in [-0.05, 0) is 52.7 Å². The highest BCUT2D eigenvalue weighted by atomic mass is 79.9. The molecule has 0 amide bonds. The molecule has 4 nitrogen and oxygen atoms in total. The number of hydrogen-bond acceptors (Lipinski definition) is 3. The molecule has 0 radical (unpaired) electrons. The lowest BCUT2D eigenvalue weighted by atomic mass is 9.82. The zero-order valence-electron chi connectivity index (χ0n) is 10.1. The quantitative estimate of drug-likeness (QED) is 0.842. The van der Waals surface area contributed by atoms with Crippen LogP contribution in [-0.2, 0) is 10.0 Å². The highest BCUT2D eigenvalue weighted by molar-refractivity contribution is 9.10. The first-order valence-electron chi connectivity index (χ1n) is 5.99. The van der Waals surface area contributed by atoms with Crippen LogP contribution in [0, 0.1) is 0 Å². The van der Waals surface area contributed by atoms with Crippen LogP contribution < -0.4 is 5.14 Å². The molecule has 19 heavy (non-hydrogen) atoms. The summed E-state index contributed by atoms with van der Waals surface area (Å²) in [4.78, 5) is -0.0253. The Morgan fingerprint density at radius 2 is 2.05 bits per heavy atom. The minimum atomic E-state index is -3.90. The van der Waals surface area contributed by atoms with E-state index in [1.54, 1.807) is 12.1 Å². The summed E-state index contributed by atoms with van der Waals surface area (Å²) in [6.07, 6.45) is 2.60. The van der Waals surface area contributed by atoms with Crippen molar-refractivity contribution in [2.75, 3.05) is 0 Å². The molecular weight excluding hydrogens is 354 g/mol. The first kappa shape index (κ1) is 15.3. The normalized spacial score (nSPS) is 24.4. The van der Waals surface area contributed by atoms with Gasteiger partial charge in [0.1, 0.15) is 4.90 Å². The number of nitrogens with two attached hydrogens (primary N) is 1. The summed E-state index contributed by atoms with van der Waals surface area (Å²) in [5, 5.41) is 15.1. The van der Waals surface area contributed by atoms with Crippen LogP contribution in [0.2, 0.25) is 5.02 Å². The largest absolute Gasteiger partial charge is 0.393 e. The van der Waals surface area contributed by atoms with Gasteiger partial charge in [-0.25, -0.2) is 13.6 Å². The van der Waals surface area contributed by atoms with Gasteiger partial charge in [-0.3, -0.25) is 0 Å². The van der Waals surface area contributed by atoms with Crippen molar-refractivity contribution in [3.05, 3.63) is 27.2 Å². The molecule has 2 rings (SSSR count). The van der Waals surface area contributed by atoms with Crippen molar-refractivity contribution in [3.8, 4) is 0 Å². The van der Waals surface area contributed by atoms with Crippen molar-refractivity contribution >= 4 is 37.6 Å².